The van der Waals surface area contributed by atoms with E-state index in [0.717, 1.165) is 82.5 Å². The predicted molar refractivity (Wildman–Crippen MR) is 194 cm³/mol. The fourth-order valence-electron chi connectivity index (χ4n) is 7.61. The Morgan fingerprint density at radius 3 is 1.53 bits per heavy atom. The molecule has 0 saturated heterocycles. The van der Waals surface area contributed by atoms with Crippen molar-refractivity contribution in [1.29, 1.82) is 0 Å². The molecule has 0 aliphatic heterocycles. The van der Waals surface area contributed by atoms with Gasteiger partial charge in [0.1, 0.15) is 11.2 Å². The van der Waals surface area contributed by atoms with Gasteiger partial charge < -0.3 is 13.6 Å². The number of fused-ring (bicyclic) bond motifs is 9. The minimum atomic E-state index is 0.565. The molecule has 218 valence electrons. The highest BCUT2D eigenvalue weighted by Crippen LogP contribution is 2.48. The largest absolute Gasteiger partial charge is 0.457 e. The molecule has 0 atom stereocenters. The van der Waals surface area contributed by atoms with Crippen molar-refractivity contribution in [3.8, 4) is 22.5 Å². The fraction of sp³-hybridized carbons (Fsp3) is 0. The minimum absolute atomic E-state index is 0.565. The lowest BCUT2D eigenvalue weighted by Crippen LogP contribution is -2.04. The van der Waals surface area contributed by atoms with Gasteiger partial charge >= 0.3 is 0 Å². The molecule has 0 bridgehead atoms. The summed E-state index contributed by atoms with van der Waals surface area (Å²) in [7, 11) is 0. The number of hydrogen-bond acceptors (Lipinski definition) is 1. The molecule has 0 spiro atoms. The van der Waals surface area contributed by atoms with Gasteiger partial charge in [-0.25, -0.2) is 4.85 Å². The summed E-state index contributed by atoms with van der Waals surface area (Å²) in [5.41, 5.74) is 10.1. The van der Waals surface area contributed by atoms with Crippen LogP contribution in [0.25, 0.3) is 92.9 Å². The van der Waals surface area contributed by atoms with E-state index in [2.05, 4.69) is 147 Å². The molecular weight excluding hydrogens is 574 g/mol. The van der Waals surface area contributed by atoms with Gasteiger partial charge in [-0.15, -0.1) is 0 Å². The summed E-state index contributed by atoms with van der Waals surface area (Å²) in [4.78, 5) is 4.38. The molecular formula is C43H25N3O. The van der Waals surface area contributed by atoms with Crippen molar-refractivity contribution in [1.82, 2.24) is 9.13 Å². The smallest absolute Gasteiger partial charge is 0.224 e. The molecule has 0 fully saturated rings. The third kappa shape index (κ3) is 3.51. The predicted octanol–water partition coefficient (Wildman–Crippen LogP) is 12.0. The third-order valence-corrected chi connectivity index (χ3v) is 9.54. The van der Waals surface area contributed by atoms with Crippen molar-refractivity contribution >= 4 is 71.2 Å². The third-order valence-electron chi connectivity index (χ3n) is 9.54. The van der Waals surface area contributed by atoms with E-state index in [0.29, 0.717) is 11.3 Å². The van der Waals surface area contributed by atoms with Gasteiger partial charge in [0, 0.05) is 43.9 Å². The van der Waals surface area contributed by atoms with E-state index in [1.807, 2.05) is 18.2 Å². The summed E-state index contributed by atoms with van der Waals surface area (Å²) in [6.45, 7) is 8.83. The lowest BCUT2D eigenvalue weighted by Gasteiger charge is -2.19. The SMILES string of the molecule is [C-]#[N+]c1c(-n2c3ccccc3c3ccccc32)c(-n2c3ccccc3c3ccccc32)cc2oc3c(-c4ccccc4)cccc3c12. The van der Waals surface area contributed by atoms with E-state index in [4.69, 9.17) is 11.0 Å². The summed E-state index contributed by atoms with van der Waals surface area (Å²) < 4.78 is 11.4. The van der Waals surface area contributed by atoms with Crippen LogP contribution < -0.4 is 0 Å². The van der Waals surface area contributed by atoms with Gasteiger partial charge in [0.2, 0.25) is 5.69 Å². The first-order valence-corrected chi connectivity index (χ1v) is 15.7. The maximum atomic E-state index is 8.83. The molecule has 3 heterocycles. The first-order chi connectivity index (χ1) is 23.3. The minimum Gasteiger partial charge on any atom is -0.457 e. The van der Waals surface area contributed by atoms with Crippen LogP contribution in [0.4, 0.5) is 5.69 Å². The second-order valence-electron chi connectivity index (χ2n) is 12.0. The molecule has 3 aromatic heterocycles. The van der Waals surface area contributed by atoms with Crippen molar-refractivity contribution < 1.29 is 4.42 Å². The average Bonchev–Trinajstić information content (AvgIpc) is 3.79. The van der Waals surface area contributed by atoms with Gasteiger partial charge in [0.15, 0.2) is 0 Å². The van der Waals surface area contributed by atoms with E-state index < -0.39 is 0 Å². The summed E-state index contributed by atoms with van der Waals surface area (Å²) in [6.07, 6.45) is 0. The molecule has 4 nitrogen and oxygen atoms in total. The molecule has 10 aromatic rings. The lowest BCUT2D eigenvalue weighted by atomic mass is 10.0. The summed E-state index contributed by atoms with van der Waals surface area (Å²) >= 11 is 0. The molecule has 4 heteroatoms. The Hall–Kier alpha value is -6.57. The van der Waals surface area contributed by atoms with Gasteiger partial charge in [-0.3, -0.25) is 0 Å². The Bertz CT molecular complexity index is 2810. The Balaban J connectivity index is 1.46. The van der Waals surface area contributed by atoms with Crippen LogP contribution in [0.2, 0.25) is 0 Å². The molecule has 0 N–H and O–H groups in total. The Morgan fingerprint density at radius 1 is 0.489 bits per heavy atom. The van der Waals surface area contributed by atoms with E-state index in [1.54, 1.807) is 0 Å². The number of rotatable bonds is 3. The topological polar surface area (TPSA) is 27.4 Å². The molecule has 10 rings (SSSR count). The molecule has 0 amide bonds. The fourth-order valence-corrected chi connectivity index (χ4v) is 7.61. The molecule has 0 unspecified atom stereocenters. The Labute approximate surface area is 269 Å². The molecule has 0 aliphatic carbocycles. The normalized spacial score (nSPS) is 11.8. The second-order valence-corrected chi connectivity index (χ2v) is 12.0. The zero-order chi connectivity index (χ0) is 31.1. The summed E-state index contributed by atoms with van der Waals surface area (Å²) in [5, 5.41) is 6.39. The number of benzene rings is 7. The van der Waals surface area contributed by atoms with Crippen molar-refractivity contribution in [3.63, 3.8) is 0 Å². The molecule has 0 aliphatic rings. The lowest BCUT2D eigenvalue weighted by molar-refractivity contribution is 0.669. The van der Waals surface area contributed by atoms with Crippen LogP contribution in [0.3, 0.4) is 0 Å². The van der Waals surface area contributed by atoms with Crippen LogP contribution >= 0.6 is 0 Å². The van der Waals surface area contributed by atoms with Crippen LogP contribution in [0, 0.1) is 6.57 Å². The van der Waals surface area contributed by atoms with Gasteiger partial charge in [0.05, 0.1) is 40.0 Å². The van der Waals surface area contributed by atoms with E-state index >= 15 is 0 Å². The van der Waals surface area contributed by atoms with Crippen molar-refractivity contribution in [2.75, 3.05) is 0 Å². The maximum Gasteiger partial charge on any atom is 0.224 e. The number of nitrogens with zero attached hydrogens (tertiary/aromatic N) is 3. The van der Waals surface area contributed by atoms with Gasteiger partial charge in [-0.2, -0.15) is 0 Å². The van der Waals surface area contributed by atoms with E-state index in [1.165, 1.54) is 0 Å². The number of aromatic nitrogens is 2. The van der Waals surface area contributed by atoms with Crippen LogP contribution in [-0.4, -0.2) is 9.13 Å². The van der Waals surface area contributed by atoms with Crippen molar-refractivity contribution in [2.45, 2.75) is 0 Å². The summed E-state index contributed by atoms with van der Waals surface area (Å²) in [5.74, 6) is 0. The van der Waals surface area contributed by atoms with Crippen LogP contribution in [0.1, 0.15) is 0 Å². The van der Waals surface area contributed by atoms with E-state index in [-0.39, 0.29) is 0 Å². The highest BCUT2D eigenvalue weighted by atomic mass is 16.3. The zero-order valence-electron chi connectivity index (χ0n) is 25.2. The van der Waals surface area contributed by atoms with Gasteiger partial charge in [0.25, 0.3) is 0 Å². The van der Waals surface area contributed by atoms with Crippen molar-refractivity contribution in [3.05, 3.63) is 163 Å². The van der Waals surface area contributed by atoms with Gasteiger partial charge in [-0.1, -0.05) is 121 Å². The Kier molecular flexibility index (Phi) is 5.32. The molecule has 0 radical (unpaired) electrons. The highest BCUT2D eigenvalue weighted by molar-refractivity contribution is 6.20. The monoisotopic (exact) mass is 599 g/mol. The first-order valence-electron chi connectivity index (χ1n) is 15.7. The van der Waals surface area contributed by atoms with Crippen LogP contribution in [-0.2, 0) is 0 Å². The average molecular weight is 600 g/mol. The standard InChI is InChI=1S/C43H25N3O/c1-44-41-40-33-21-13-20-28(27-14-3-2-4-15-27)43(33)47-39(40)26-38(45-34-22-9-5-16-29(34)30-17-6-10-23-35(30)45)42(41)46-36-24-11-7-18-31(36)32-19-8-12-25-37(32)46/h2-26H. The van der Waals surface area contributed by atoms with Crippen LogP contribution in [0.15, 0.2) is 156 Å². The van der Waals surface area contributed by atoms with Crippen molar-refractivity contribution in [2.24, 2.45) is 0 Å². The van der Waals surface area contributed by atoms with E-state index in [9.17, 15) is 0 Å². The Morgan fingerprint density at radius 2 is 0.979 bits per heavy atom. The summed E-state index contributed by atoms with van der Waals surface area (Å²) in [6, 6.07) is 52.7. The van der Waals surface area contributed by atoms with Crippen LogP contribution in [0.5, 0.6) is 0 Å². The molecule has 0 saturated carbocycles. The molecule has 47 heavy (non-hydrogen) atoms. The van der Waals surface area contributed by atoms with Gasteiger partial charge in [-0.05, 0) is 29.8 Å². The maximum absolute atomic E-state index is 8.83. The highest BCUT2D eigenvalue weighted by Gasteiger charge is 2.27. The number of hydrogen-bond donors (Lipinski definition) is 0. The zero-order valence-corrected chi connectivity index (χ0v) is 25.2. The quantitative estimate of drug-likeness (QED) is 0.186. The number of furan rings is 1. The second kappa shape index (κ2) is 9.71. The molecule has 7 aromatic carbocycles. The first kappa shape index (κ1) is 25.7. The number of para-hydroxylation sites is 5.